The number of hydrogen-bond acceptors (Lipinski definition) is 9. The summed E-state index contributed by atoms with van der Waals surface area (Å²) in [6.45, 7) is 0. The second kappa shape index (κ2) is 15.9. The van der Waals surface area contributed by atoms with Crippen LogP contribution < -0.4 is 0 Å². The second-order valence-corrected chi connectivity index (χ2v) is 17.9. The van der Waals surface area contributed by atoms with Gasteiger partial charge in [-0.1, -0.05) is 0 Å². The maximum Gasteiger partial charge on any atom is 0.0229 e. The maximum atomic E-state index is 2.27. The lowest BCUT2D eigenvalue weighted by Crippen LogP contribution is -2.13. The lowest BCUT2D eigenvalue weighted by molar-refractivity contribution is 1.13. The molecule has 0 nitrogen and oxygen atoms in total. The third-order valence-electron chi connectivity index (χ3n) is 4.06. The first-order chi connectivity index (χ1) is 13.4. The zero-order valence-corrected chi connectivity index (χ0v) is 23.2. The van der Waals surface area contributed by atoms with Gasteiger partial charge in [-0.25, -0.2) is 0 Å². The molecule has 0 N–H and O–H groups in total. The van der Waals surface area contributed by atoms with Gasteiger partial charge in [0.1, 0.15) is 0 Å². The van der Waals surface area contributed by atoms with Crippen molar-refractivity contribution in [3.63, 3.8) is 0 Å². The Labute approximate surface area is 205 Å². The lowest BCUT2D eigenvalue weighted by Gasteiger charge is -2.15. The van der Waals surface area contributed by atoms with E-state index in [0.29, 0.717) is 0 Å². The molecule has 0 amide bonds. The van der Waals surface area contributed by atoms with Gasteiger partial charge in [0.2, 0.25) is 0 Å². The van der Waals surface area contributed by atoms with E-state index in [1.165, 1.54) is 80.5 Å². The SMILES string of the molecule is C(CSCCSCC1CS1)SCCSCC(CSCC1CS1)SCC1CS1. The van der Waals surface area contributed by atoms with Crippen LogP contribution in [0.25, 0.3) is 0 Å². The third-order valence-corrected chi connectivity index (χ3v) is 15.7. The molecule has 3 heterocycles. The van der Waals surface area contributed by atoms with Crippen LogP contribution in [0.4, 0.5) is 0 Å². The standard InChI is InChI=1S/C18H32S9/c1(2-20-4-6-22-8-16-11-25-16)19-3-5-21-7-15(24-13-18-14-27-18)9-23-10-17-12-26-17/h15-18H,1-14H2. The molecule has 27 heavy (non-hydrogen) atoms. The summed E-state index contributed by atoms with van der Waals surface area (Å²) in [5.41, 5.74) is 0. The van der Waals surface area contributed by atoms with Crippen LogP contribution >= 0.6 is 106 Å². The van der Waals surface area contributed by atoms with Crippen LogP contribution in [0.3, 0.4) is 0 Å². The van der Waals surface area contributed by atoms with Gasteiger partial charge in [0.25, 0.3) is 0 Å². The van der Waals surface area contributed by atoms with Gasteiger partial charge in [0.15, 0.2) is 0 Å². The molecule has 0 saturated carbocycles. The van der Waals surface area contributed by atoms with Crippen LogP contribution in [-0.2, 0) is 0 Å². The van der Waals surface area contributed by atoms with Gasteiger partial charge < -0.3 is 0 Å². The van der Waals surface area contributed by atoms with Crippen LogP contribution in [-0.4, -0.2) is 102 Å². The van der Waals surface area contributed by atoms with Crippen molar-refractivity contribution in [2.45, 2.75) is 21.0 Å². The van der Waals surface area contributed by atoms with Gasteiger partial charge in [-0.15, -0.1) is 0 Å². The molecule has 0 aromatic heterocycles. The van der Waals surface area contributed by atoms with E-state index in [-0.39, 0.29) is 0 Å². The van der Waals surface area contributed by atoms with Gasteiger partial charge in [-0.2, -0.15) is 106 Å². The highest BCUT2D eigenvalue weighted by atomic mass is 32.2. The highest BCUT2D eigenvalue weighted by molar-refractivity contribution is 8.10. The van der Waals surface area contributed by atoms with E-state index >= 15 is 0 Å². The minimum absolute atomic E-state index is 0.886. The Kier molecular flexibility index (Phi) is 14.6. The zero-order valence-electron chi connectivity index (χ0n) is 15.9. The molecule has 0 aromatic carbocycles. The van der Waals surface area contributed by atoms with Crippen LogP contribution in [0.5, 0.6) is 0 Å². The Hall–Kier alpha value is 3.15. The summed E-state index contributed by atoms with van der Waals surface area (Å²) < 4.78 is 0. The molecule has 4 atom stereocenters. The van der Waals surface area contributed by atoms with Crippen molar-refractivity contribution in [3.8, 4) is 0 Å². The van der Waals surface area contributed by atoms with Crippen LogP contribution in [0, 0.1) is 0 Å². The van der Waals surface area contributed by atoms with Crippen molar-refractivity contribution in [2.24, 2.45) is 0 Å². The third kappa shape index (κ3) is 14.8. The van der Waals surface area contributed by atoms with E-state index < -0.39 is 0 Å². The summed E-state index contributed by atoms with van der Waals surface area (Å²) in [4.78, 5) is 0. The smallest absolute Gasteiger partial charge is 0.0229 e. The molecule has 3 aliphatic heterocycles. The van der Waals surface area contributed by atoms with Crippen molar-refractivity contribution in [2.75, 3.05) is 80.5 Å². The Morgan fingerprint density at radius 2 is 1.00 bits per heavy atom. The van der Waals surface area contributed by atoms with Gasteiger partial charge in [0, 0.05) is 102 Å². The fourth-order valence-electron chi connectivity index (χ4n) is 2.20. The Morgan fingerprint density at radius 1 is 0.556 bits per heavy atom. The van der Waals surface area contributed by atoms with Crippen molar-refractivity contribution in [1.82, 2.24) is 0 Å². The fraction of sp³-hybridized carbons (Fsp3) is 1.00. The largest absolute Gasteiger partial charge is 0.160 e. The summed E-state index contributed by atoms with van der Waals surface area (Å²) in [6.07, 6.45) is 0. The van der Waals surface area contributed by atoms with Crippen LogP contribution in [0.15, 0.2) is 0 Å². The highest BCUT2D eigenvalue weighted by Crippen LogP contribution is 2.37. The van der Waals surface area contributed by atoms with E-state index in [1.807, 2.05) is 0 Å². The molecule has 0 aromatic rings. The number of thioether (sulfide) groups is 9. The molecule has 158 valence electrons. The fourth-order valence-corrected chi connectivity index (χ4v) is 12.7. The molecule has 3 saturated heterocycles. The molecule has 0 spiro atoms. The number of hydrogen-bond donors (Lipinski definition) is 0. The van der Waals surface area contributed by atoms with Gasteiger partial charge in [-0.05, 0) is 0 Å². The maximum absolute atomic E-state index is 2.27. The molecule has 4 unspecified atom stereocenters. The van der Waals surface area contributed by atoms with E-state index in [9.17, 15) is 0 Å². The van der Waals surface area contributed by atoms with Gasteiger partial charge in [0.05, 0.1) is 0 Å². The summed E-state index contributed by atoms with van der Waals surface area (Å²) in [5, 5.41) is 3.88. The second-order valence-electron chi connectivity index (χ2n) is 6.73. The molecule has 0 aliphatic carbocycles. The quantitative estimate of drug-likeness (QED) is 0.132. The van der Waals surface area contributed by atoms with Crippen molar-refractivity contribution < 1.29 is 0 Å². The molecule has 0 bridgehead atoms. The summed E-state index contributed by atoms with van der Waals surface area (Å²) in [6, 6.07) is 0. The van der Waals surface area contributed by atoms with E-state index in [1.54, 1.807) is 0 Å². The van der Waals surface area contributed by atoms with E-state index in [4.69, 9.17) is 0 Å². The normalized spacial score (nSPS) is 26.9. The van der Waals surface area contributed by atoms with Gasteiger partial charge in [-0.3, -0.25) is 0 Å². The van der Waals surface area contributed by atoms with Crippen molar-refractivity contribution in [3.05, 3.63) is 0 Å². The first kappa shape index (κ1) is 24.8. The minimum atomic E-state index is 0.886. The molecule has 3 aliphatic rings. The monoisotopic (exact) mass is 536 g/mol. The Morgan fingerprint density at radius 3 is 1.59 bits per heavy atom. The molecule has 0 radical (unpaired) electrons. The predicted octanol–water partition coefficient (Wildman–Crippen LogP) is 6.10. The highest BCUT2D eigenvalue weighted by Gasteiger charge is 2.25. The van der Waals surface area contributed by atoms with E-state index in [0.717, 1.165) is 21.0 Å². The lowest BCUT2D eigenvalue weighted by atomic mass is 10.5. The molecule has 3 fully saturated rings. The number of rotatable bonds is 20. The van der Waals surface area contributed by atoms with Crippen LogP contribution in [0.2, 0.25) is 0 Å². The Balaban J connectivity index is 1.07. The zero-order chi connectivity index (χ0) is 18.6. The molecular weight excluding hydrogens is 505 g/mol. The first-order valence-corrected chi connectivity index (χ1v) is 19.7. The molecule has 3 rings (SSSR count). The molecular formula is C18H32S9. The first-order valence-electron chi connectivity index (χ1n) is 9.75. The van der Waals surface area contributed by atoms with E-state index in [2.05, 4.69) is 106 Å². The topological polar surface area (TPSA) is 0 Å². The average molecular weight is 537 g/mol. The molecule has 9 heteroatoms. The predicted molar refractivity (Wildman–Crippen MR) is 152 cm³/mol. The van der Waals surface area contributed by atoms with Crippen molar-refractivity contribution >= 4 is 106 Å². The summed E-state index contributed by atoms with van der Waals surface area (Å²) in [5.74, 6) is 19.3. The minimum Gasteiger partial charge on any atom is -0.160 e. The summed E-state index contributed by atoms with van der Waals surface area (Å²) >= 11 is 19.6. The van der Waals surface area contributed by atoms with Gasteiger partial charge >= 0.3 is 0 Å². The average Bonchev–Trinajstić information content (AvgIpc) is 3.53. The van der Waals surface area contributed by atoms with Crippen molar-refractivity contribution in [1.29, 1.82) is 0 Å². The summed E-state index contributed by atoms with van der Waals surface area (Å²) in [7, 11) is 0. The van der Waals surface area contributed by atoms with Crippen LogP contribution in [0.1, 0.15) is 0 Å². The Bertz CT molecular complexity index is 372.